The first-order valence-corrected chi connectivity index (χ1v) is 5.93. The van der Waals surface area contributed by atoms with E-state index in [1.54, 1.807) is 25.1 Å². The van der Waals surface area contributed by atoms with Crippen LogP contribution in [0, 0.1) is 0 Å². The summed E-state index contributed by atoms with van der Waals surface area (Å²) < 4.78 is 1.94. The van der Waals surface area contributed by atoms with Crippen LogP contribution in [-0.4, -0.2) is 31.8 Å². The number of rotatable bonds is 4. The molecule has 5 heteroatoms. The van der Waals surface area contributed by atoms with Gasteiger partial charge in [-0.2, -0.15) is 0 Å². The van der Waals surface area contributed by atoms with Gasteiger partial charge >= 0.3 is 5.97 Å². The third-order valence-electron chi connectivity index (χ3n) is 2.84. The van der Waals surface area contributed by atoms with E-state index in [0.717, 1.165) is 17.8 Å². The lowest BCUT2D eigenvalue weighted by Gasteiger charge is -2.10. The highest BCUT2D eigenvalue weighted by atomic mass is 16.4. The molecule has 0 aliphatic heterocycles. The maximum atomic E-state index is 10.9. The summed E-state index contributed by atoms with van der Waals surface area (Å²) in [6, 6.07) is 4.87. The number of benzene rings is 1. The number of aromatic nitrogens is 2. The van der Waals surface area contributed by atoms with Crippen LogP contribution in [0.1, 0.15) is 30.0 Å². The van der Waals surface area contributed by atoms with E-state index in [-0.39, 0.29) is 5.56 Å². The molecule has 18 heavy (non-hydrogen) atoms. The first-order valence-electron chi connectivity index (χ1n) is 5.93. The number of hydrogen-bond acceptors (Lipinski definition) is 3. The molecule has 2 N–H and O–H groups in total. The number of carboxylic acids is 1. The number of aliphatic hydroxyl groups excluding tert-OH is 1. The second-order valence-corrected chi connectivity index (χ2v) is 4.35. The van der Waals surface area contributed by atoms with Gasteiger partial charge in [0.15, 0.2) is 0 Å². The minimum atomic E-state index is -0.958. The SMILES string of the molecule is CCc1nc2cc(C(=O)O)ccc2n1CC(C)O. The van der Waals surface area contributed by atoms with Gasteiger partial charge in [-0.15, -0.1) is 0 Å². The second kappa shape index (κ2) is 4.78. The van der Waals surface area contributed by atoms with Crippen LogP contribution in [0.15, 0.2) is 18.2 Å². The zero-order valence-corrected chi connectivity index (χ0v) is 10.4. The van der Waals surface area contributed by atoms with Crippen LogP contribution < -0.4 is 0 Å². The molecule has 1 heterocycles. The summed E-state index contributed by atoms with van der Waals surface area (Å²) >= 11 is 0. The van der Waals surface area contributed by atoms with Crippen molar-refractivity contribution in [3.8, 4) is 0 Å². The molecular formula is C13H16N2O3. The number of aryl methyl sites for hydroxylation is 1. The first kappa shape index (κ1) is 12.6. The number of aromatic carboxylic acids is 1. The minimum absolute atomic E-state index is 0.229. The second-order valence-electron chi connectivity index (χ2n) is 4.35. The van der Waals surface area contributed by atoms with E-state index in [1.165, 1.54) is 0 Å². The van der Waals surface area contributed by atoms with Crippen molar-refractivity contribution in [1.29, 1.82) is 0 Å². The smallest absolute Gasteiger partial charge is 0.335 e. The Bertz CT molecular complexity index is 587. The van der Waals surface area contributed by atoms with Crippen molar-refractivity contribution in [2.24, 2.45) is 0 Å². The van der Waals surface area contributed by atoms with Crippen LogP contribution in [0.5, 0.6) is 0 Å². The molecule has 2 rings (SSSR count). The van der Waals surface area contributed by atoms with Gasteiger partial charge < -0.3 is 14.8 Å². The summed E-state index contributed by atoms with van der Waals surface area (Å²) in [5.74, 6) is -0.103. The molecule has 0 fully saturated rings. The number of imidazole rings is 1. The van der Waals surface area contributed by atoms with E-state index in [0.29, 0.717) is 12.1 Å². The molecule has 0 radical (unpaired) electrons. The molecule has 1 atom stereocenters. The fourth-order valence-electron chi connectivity index (χ4n) is 2.05. The number of carboxylic acid groups (broad SMARTS) is 1. The summed E-state index contributed by atoms with van der Waals surface area (Å²) in [6.07, 6.45) is 0.274. The number of hydrogen-bond donors (Lipinski definition) is 2. The predicted molar refractivity (Wildman–Crippen MR) is 67.8 cm³/mol. The Balaban J connectivity index is 2.58. The topological polar surface area (TPSA) is 75.3 Å². The maximum absolute atomic E-state index is 10.9. The molecule has 0 aliphatic rings. The first-order chi connectivity index (χ1) is 8.52. The summed E-state index contributed by atoms with van der Waals surface area (Å²) in [5, 5.41) is 18.5. The third kappa shape index (κ3) is 2.22. The Morgan fingerprint density at radius 3 is 2.78 bits per heavy atom. The van der Waals surface area contributed by atoms with E-state index in [9.17, 15) is 9.90 Å². The van der Waals surface area contributed by atoms with E-state index < -0.39 is 12.1 Å². The highest BCUT2D eigenvalue weighted by molar-refractivity contribution is 5.92. The van der Waals surface area contributed by atoms with Gasteiger partial charge in [0.05, 0.1) is 29.2 Å². The van der Waals surface area contributed by atoms with E-state index in [1.807, 2.05) is 11.5 Å². The third-order valence-corrected chi connectivity index (χ3v) is 2.84. The summed E-state index contributed by atoms with van der Waals surface area (Å²) in [7, 11) is 0. The van der Waals surface area contributed by atoms with E-state index in [4.69, 9.17) is 5.11 Å². The highest BCUT2D eigenvalue weighted by Crippen LogP contribution is 2.19. The fourth-order valence-corrected chi connectivity index (χ4v) is 2.05. The van der Waals surface area contributed by atoms with Gasteiger partial charge in [-0.3, -0.25) is 0 Å². The van der Waals surface area contributed by atoms with Gasteiger partial charge in [0.2, 0.25) is 0 Å². The van der Waals surface area contributed by atoms with Crippen molar-refractivity contribution in [2.75, 3.05) is 0 Å². The van der Waals surface area contributed by atoms with Gasteiger partial charge in [0.1, 0.15) is 5.82 Å². The number of carbonyl (C=O) groups is 1. The Morgan fingerprint density at radius 1 is 1.50 bits per heavy atom. The molecular weight excluding hydrogens is 232 g/mol. The molecule has 1 aromatic heterocycles. The predicted octanol–water partition coefficient (Wildman–Crippen LogP) is 1.68. The van der Waals surface area contributed by atoms with Crippen LogP contribution in [-0.2, 0) is 13.0 Å². The molecule has 1 unspecified atom stereocenters. The highest BCUT2D eigenvalue weighted by Gasteiger charge is 2.13. The van der Waals surface area contributed by atoms with Gasteiger partial charge in [0.25, 0.3) is 0 Å². The lowest BCUT2D eigenvalue weighted by atomic mass is 10.2. The summed E-state index contributed by atoms with van der Waals surface area (Å²) in [6.45, 7) is 4.17. The van der Waals surface area contributed by atoms with Gasteiger partial charge in [0, 0.05) is 6.42 Å². The maximum Gasteiger partial charge on any atom is 0.335 e. The summed E-state index contributed by atoms with van der Waals surface area (Å²) in [5.41, 5.74) is 1.75. The van der Waals surface area contributed by atoms with E-state index in [2.05, 4.69) is 4.98 Å². The Hall–Kier alpha value is -1.88. The van der Waals surface area contributed by atoms with Crippen molar-refractivity contribution < 1.29 is 15.0 Å². The number of fused-ring (bicyclic) bond motifs is 1. The summed E-state index contributed by atoms with van der Waals surface area (Å²) in [4.78, 5) is 15.3. The van der Waals surface area contributed by atoms with Crippen LogP contribution in [0.25, 0.3) is 11.0 Å². The van der Waals surface area contributed by atoms with Crippen molar-refractivity contribution in [2.45, 2.75) is 32.9 Å². The Kier molecular flexibility index (Phi) is 3.34. The molecule has 0 saturated carbocycles. The Morgan fingerprint density at radius 2 is 2.22 bits per heavy atom. The fraction of sp³-hybridized carbons (Fsp3) is 0.385. The standard InChI is InChI=1S/C13H16N2O3/c1-3-12-14-10-6-9(13(17)18)4-5-11(10)15(12)7-8(2)16/h4-6,8,16H,3,7H2,1-2H3,(H,17,18). The Labute approximate surface area is 105 Å². The lowest BCUT2D eigenvalue weighted by molar-refractivity contribution is 0.0697. The zero-order chi connectivity index (χ0) is 13.3. The van der Waals surface area contributed by atoms with E-state index >= 15 is 0 Å². The number of aliphatic hydroxyl groups is 1. The molecule has 5 nitrogen and oxygen atoms in total. The molecule has 96 valence electrons. The van der Waals surface area contributed by atoms with Crippen LogP contribution in [0.3, 0.4) is 0 Å². The molecule has 0 bridgehead atoms. The molecule has 0 saturated heterocycles. The molecule has 1 aromatic carbocycles. The van der Waals surface area contributed by atoms with Gasteiger partial charge in [-0.1, -0.05) is 6.92 Å². The van der Waals surface area contributed by atoms with Crippen molar-refractivity contribution in [3.05, 3.63) is 29.6 Å². The number of nitrogens with zero attached hydrogens (tertiary/aromatic N) is 2. The molecule has 2 aromatic rings. The average molecular weight is 248 g/mol. The van der Waals surface area contributed by atoms with Crippen molar-refractivity contribution in [3.63, 3.8) is 0 Å². The van der Waals surface area contributed by atoms with Gasteiger partial charge in [-0.25, -0.2) is 9.78 Å². The average Bonchev–Trinajstić information content (AvgIpc) is 2.65. The normalized spacial score (nSPS) is 12.8. The lowest BCUT2D eigenvalue weighted by Crippen LogP contribution is -2.14. The van der Waals surface area contributed by atoms with Crippen LogP contribution >= 0.6 is 0 Å². The molecule has 0 amide bonds. The van der Waals surface area contributed by atoms with Crippen molar-refractivity contribution in [1.82, 2.24) is 9.55 Å². The monoisotopic (exact) mass is 248 g/mol. The quantitative estimate of drug-likeness (QED) is 0.863. The minimum Gasteiger partial charge on any atom is -0.478 e. The van der Waals surface area contributed by atoms with Gasteiger partial charge in [-0.05, 0) is 25.1 Å². The zero-order valence-electron chi connectivity index (χ0n) is 10.4. The van der Waals surface area contributed by atoms with Crippen LogP contribution in [0.2, 0.25) is 0 Å². The largest absolute Gasteiger partial charge is 0.478 e. The molecule has 0 aliphatic carbocycles. The van der Waals surface area contributed by atoms with Crippen LogP contribution in [0.4, 0.5) is 0 Å². The van der Waals surface area contributed by atoms with Crippen molar-refractivity contribution >= 4 is 17.0 Å². The molecule has 0 spiro atoms.